The van der Waals surface area contributed by atoms with Crippen molar-refractivity contribution >= 4 is 17.3 Å². The molecule has 2 heterocycles. The highest BCUT2D eigenvalue weighted by Gasteiger charge is 1.94. The minimum Gasteiger partial charge on any atom is -0.349 e. The summed E-state index contributed by atoms with van der Waals surface area (Å²) >= 11 is 1.71. The predicted molar refractivity (Wildman–Crippen MR) is 51.5 cm³/mol. The van der Waals surface area contributed by atoms with E-state index in [1.165, 1.54) is 17.5 Å². The molecule has 2 aromatic heterocycles. The first-order chi connectivity index (χ1) is 6.45. The van der Waals surface area contributed by atoms with E-state index >= 15 is 0 Å². The Bertz CT molecular complexity index is 346. The lowest BCUT2D eigenvalue weighted by molar-refractivity contribution is 1.01. The summed E-state index contributed by atoms with van der Waals surface area (Å²) < 4.78 is 0. The number of nitrogens with zero attached hydrogens (tertiary/aromatic N) is 3. The third-order valence-electron chi connectivity index (χ3n) is 1.49. The average Bonchev–Trinajstić information content (AvgIpc) is 2.69. The van der Waals surface area contributed by atoms with Crippen molar-refractivity contribution in [3.63, 3.8) is 0 Å². The van der Waals surface area contributed by atoms with Gasteiger partial charge < -0.3 is 5.32 Å². The molecule has 0 amide bonds. The van der Waals surface area contributed by atoms with Crippen LogP contribution in [0.15, 0.2) is 30.2 Å². The van der Waals surface area contributed by atoms with Crippen molar-refractivity contribution in [3.05, 3.63) is 35.0 Å². The maximum atomic E-state index is 3.95. The van der Waals surface area contributed by atoms with Gasteiger partial charge in [0.15, 0.2) is 0 Å². The molecule has 0 unspecified atom stereocenters. The van der Waals surface area contributed by atoms with Gasteiger partial charge in [0.1, 0.15) is 12.7 Å². The predicted octanol–water partition coefficient (Wildman–Crippen LogP) is 1.55. The molecule has 0 aliphatic rings. The van der Waals surface area contributed by atoms with Crippen molar-refractivity contribution in [2.45, 2.75) is 6.54 Å². The zero-order valence-electron chi connectivity index (χ0n) is 6.84. The van der Waals surface area contributed by atoms with Crippen LogP contribution in [-0.4, -0.2) is 15.0 Å². The second kappa shape index (κ2) is 3.95. The standard InChI is InChI=1S/C8H8N4S/c1-2-7(13-3-1)4-10-8-11-5-9-6-12-8/h1-3,5-6H,4H2,(H,9,10,11,12). The first kappa shape index (κ1) is 8.12. The molecule has 0 radical (unpaired) electrons. The molecule has 0 bridgehead atoms. The summed E-state index contributed by atoms with van der Waals surface area (Å²) in [5.41, 5.74) is 0. The lowest BCUT2D eigenvalue weighted by Gasteiger charge is -2.00. The number of thiophene rings is 1. The Morgan fingerprint density at radius 2 is 2.15 bits per heavy atom. The van der Waals surface area contributed by atoms with Gasteiger partial charge in [0.25, 0.3) is 0 Å². The van der Waals surface area contributed by atoms with Gasteiger partial charge in [-0.15, -0.1) is 11.3 Å². The van der Waals surface area contributed by atoms with Crippen LogP contribution in [-0.2, 0) is 6.54 Å². The zero-order valence-corrected chi connectivity index (χ0v) is 7.66. The normalized spacial score (nSPS) is 9.85. The SMILES string of the molecule is c1csc(CNc2ncncn2)c1. The van der Waals surface area contributed by atoms with Crippen molar-refractivity contribution in [2.75, 3.05) is 5.32 Å². The van der Waals surface area contributed by atoms with E-state index in [1.54, 1.807) is 11.3 Å². The summed E-state index contributed by atoms with van der Waals surface area (Å²) in [6.45, 7) is 0.766. The molecule has 5 heteroatoms. The van der Waals surface area contributed by atoms with Crippen molar-refractivity contribution in [2.24, 2.45) is 0 Å². The first-order valence-corrected chi connectivity index (χ1v) is 4.71. The fourth-order valence-electron chi connectivity index (χ4n) is 0.910. The zero-order chi connectivity index (χ0) is 8.93. The molecule has 4 nitrogen and oxygen atoms in total. The minimum atomic E-state index is 0.614. The van der Waals surface area contributed by atoms with Gasteiger partial charge in [0.05, 0.1) is 6.54 Å². The van der Waals surface area contributed by atoms with Gasteiger partial charge in [-0.25, -0.2) is 15.0 Å². The van der Waals surface area contributed by atoms with Crippen molar-refractivity contribution in [1.29, 1.82) is 0 Å². The Labute approximate surface area is 79.7 Å². The van der Waals surface area contributed by atoms with Gasteiger partial charge >= 0.3 is 0 Å². The van der Waals surface area contributed by atoms with E-state index in [0.717, 1.165) is 6.54 Å². The van der Waals surface area contributed by atoms with Gasteiger partial charge in [-0.1, -0.05) is 6.07 Å². The van der Waals surface area contributed by atoms with E-state index < -0.39 is 0 Å². The van der Waals surface area contributed by atoms with Gasteiger partial charge in [-0.2, -0.15) is 0 Å². The molecule has 0 aromatic carbocycles. The van der Waals surface area contributed by atoms with E-state index in [4.69, 9.17) is 0 Å². The van der Waals surface area contributed by atoms with Gasteiger partial charge in [-0.3, -0.25) is 0 Å². The van der Waals surface area contributed by atoms with E-state index in [2.05, 4.69) is 26.3 Å². The largest absolute Gasteiger partial charge is 0.349 e. The second-order valence-electron chi connectivity index (χ2n) is 2.39. The summed E-state index contributed by atoms with van der Waals surface area (Å²) in [5, 5.41) is 5.14. The molecule has 0 saturated carbocycles. The number of anilines is 1. The van der Waals surface area contributed by atoms with Gasteiger partial charge in [0, 0.05) is 4.88 Å². The third-order valence-corrected chi connectivity index (χ3v) is 2.37. The second-order valence-corrected chi connectivity index (χ2v) is 3.43. The fraction of sp³-hybridized carbons (Fsp3) is 0.125. The molecule has 0 aliphatic heterocycles. The van der Waals surface area contributed by atoms with E-state index in [0.29, 0.717) is 5.95 Å². The number of hydrogen-bond donors (Lipinski definition) is 1. The topological polar surface area (TPSA) is 50.7 Å². The van der Waals surface area contributed by atoms with Crippen LogP contribution in [0.2, 0.25) is 0 Å². The molecule has 2 rings (SSSR count). The molecular formula is C8H8N4S. The lowest BCUT2D eigenvalue weighted by atomic mass is 10.5. The van der Waals surface area contributed by atoms with Crippen LogP contribution in [0, 0.1) is 0 Å². The van der Waals surface area contributed by atoms with Crippen LogP contribution in [0.5, 0.6) is 0 Å². The maximum absolute atomic E-state index is 3.95. The molecule has 2 aromatic rings. The number of nitrogens with one attached hydrogen (secondary N) is 1. The molecular weight excluding hydrogens is 184 g/mol. The highest BCUT2D eigenvalue weighted by Crippen LogP contribution is 2.09. The van der Waals surface area contributed by atoms with Gasteiger partial charge in [-0.05, 0) is 11.4 Å². The van der Waals surface area contributed by atoms with Crippen molar-refractivity contribution in [1.82, 2.24) is 15.0 Å². The van der Waals surface area contributed by atoms with Crippen LogP contribution < -0.4 is 5.32 Å². The van der Waals surface area contributed by atoms with Crippen LogP contribution in [0.4, 0.5) is 5.95 Å². The summed E-state index contributed by atoms with van der Waals surface area (Å²) in [6, 6.07) is 4.09. The Morgan fingerprint density at radius 3 is 2.85 bits per heavy atom. The smallest absolute Gasteiger partial charge is 0.225 e. The molecule has 0 aliphatic carbocycles. The summed E-state index contributed by atoms with van der Waals surface area (Å²) in [6.07, 6.45) is 2.95. The Balaban J connectivity index is 1.94. The minimum absolute atomic E-state index is 0.614. The number of rotatable bonds is 3. The summed E-state index contributed by atoms with van der Waals surface area (Å²) in [4.78, 5) is 12.9. The molecule has 13 heavy (non-hydrogen) atoms. The van der Waals surface area contributed by atoms with Crippen LogP contribution in [0.1, 0.15) is 4.88 Å². The lowest BCUT2D eigenvalue weighted by Crippen LogP contribution is -2.01. The van der Waals surface area contributed by atoms with E-state index in [9.17, 15) is 0 Å². The summed E-state index contributed by atoms with van der Waals surface area (Å²) in [7, 11) is 0. The number of hydrogen-bond acceptors (Lipinski definition) is 5. The maximum Gasteiger partial charge on any atom is 0.225 e. The first-order valence-electron chi connectivity index (χ1n) is 3.83. The van der Waals surface area contributed by atoms with E-state index in [1.807, 2.05) is 11.4 Å². The van der Waals surface area contributed by atoms with Crippen LogP contribution >= 0.6 is 11.3 Å². The third kappa shape index (κ3) is 2.22. The van der Waals surface area contributed by atoms with Crippen LogP contribution in [0.3, 0.4) is 0 Å². The average molecular weight is 192 g/mol. The Hall–Kier alpha value is -1.49. The molecule has 0 saturated heterocycles. The molecule has 0 fully saturated rings. The molecule has 0 atom stereocenters. The molecule has 66 valence electrons. The van der Waals surface area contributed by atoms with Crippen molar-refractivity contribution < 1.29 is 0 Å². The highest BCUT2D eigenvalue weighted by molar-refractivity contribution is 7.09. The number of aromatic nitrogens is 3. The monoisotopic (exact) mass is 192 g/mol. The van der Waals surface area contributed by atoms with Crippen LogP contribution in [0.25, 0.3) is 0 Å². The highest BCUT2D eigenvalue weighted by atomic mass is 32.1. The fourth-order valence-corrected chi connectivity index (χ4v) is 1.55. The van der Waals surface area contributed by atoms with Gasteiger partial charge in [0.2, 0.25) is 5.95 Å². The Kier molecular flexibility index (Phi) is 2.47. The van der Waals surface area contributed by atoms with Crippen molar-refractivity contribution in [3.8, 4) is 0 Å². The Morgan fingerprint density at radius 1 is 1.31 bits per heavy atom. The molecule has 0 spiro atoms. The van der Waals surface area contributed by atoms with E-state index in [-0.39, 0.29) is 0 Å². The quantitative estimate of drug-likeness (QED) is 0.801. The molecule has 1 N–H and O–H groups in total. The summed E-state index contributed by atoms with van der Waals surface area (Å²) in [5.74, 6) is 0.614.